The summed E-state index contributed by atoms with van der Waals surface area (Å²) >= 11 is 5.71. The molecule has 0 aliphatic carbocycles. The standard InChI is InChI=1S/C14H18ClFN2O.ClH/c1-17-9-10-5-7-18(8-6-10)14(19)11-3-2-4-12(15)13(11)16;/h2-4,10,17H,5-9H2,1H3;1H. The first kappa shape index (κ1) is 17.2. The molecular formula is C14H19Cl2FN2O. The maximum absolute atomic E-state index is 13.8. The van der Waals surface area contributed by atoms with Gasteiger partial charge in [0.15, 0.2) is 5.82 Å². The van der Waals surface area contributed by atoms with E-state index in [4.69, 9.17) is 11.6 Å². The third-order valence-electron chi connectivity index (χ3n) is 3.58. The lowest BCUT2D eigenvalue weighted by Crippen LogP contribution is -2.40. The molecule has 0 saturated carbocycles. The van der Waals surface area contributed by atoms with Gasteiger partial charge in [0.05, 0.1) is 10.6 Å². The number of amides is 1. The highest BCUT2D eigenvalue weighted by molar-refractivity contribution is 6.31. The first-order valence-corrected chi connectivity index (χ1v) is 6.89. The lowest BCUT2D eigenvalue weighted by molar-refractivity contribution is 0.0686. The Balaban J connectivity index is 0.00000200. The van der Waals surface area contributed by atoms with Crippen LogP contribution in [0.3, 0.4) is 0 Å². The molecule has 0 bridgehead atoms. The largest absolute Gasteiger partial charge is 0.339 e. The number of likely N-dealkylation sites (tertiary alicyclic amines) is 1. The van der Waals surface area contributed by atoms with Crippen LogP contribution in [-0.2, 0) is 0 Å². The van der Waals surface area contributed by atoms with E-state index in [-0.39, 0.29) is 28.9 Å². The van der Waals surface area contributed by atoms with Gasteiger partial charge in [0.25, 0.3) is 5.91 Å². The summed E-state index contributed by atoms with van der Waals surface area (Å²) in [6.45, 7) is 2.32. The van der Waals surface area contributed by atoms with Crippen molar-refractivity contribution in [2.24, 2.45) is 5.92 Å². The quantitative estimate of drug-likeness (QED) is 0.928. The van der Waals surface area contributed by atoms with Crippen LogP contribution in [0.1, 0.15) is 23.2 Å². The van der Waals surface area contributed by atoms with Crippen LogP contribution in [0.15, 0.2) is 18.2 Å². The summed E-state index contributed by atoms with van der Waals surface area (Å²) in [5, 5.41) is 3.15. The molecule has 0 atom stereocenters. The number of rotatable bonds is 3. The van der Waals surface area contributed by atoms with E-state index in [1.165, 1.54) is 12.1 Å². The van der Waals surface area contributed by atoms with Gasteiger partial charge in [0.1, 0.15) is 0 Å². The summed E-state index contributed by atoms with van der Waals surface area (Å²) in [5.74, 6) is -0.285. The lowest BCUT2D eigenvalue weighted by Gasteiger charge is -2.32. The van der Waals surface area contributed by atoms with Gasteiger partial charge in [-0.2, -0.15) is 0 Å². The molecular weight excluding hydrogens is 302 g/mol. The first-order chi connectivity index (χ1) is 9.13. The van der Waals surface area contributed by atoms with E-state index in [2.05, 4.69) is 5.32 Å². The third kappa shape index (κ3) is 3.84. The number of benzene rings is 1. The molecule has 2 rings (SSSR count). The predicted molar refractivity (Wildman–Crippen MR) is 81.2 cm³/mol. The van der Waals surface area contributed by atoms with Gasteiger partial charge < -0.3 is 10.2 Å². The van der Waals surface area contributed by atoms with Gasteiger partial charge in [-0.1, -0.05) is 17.7 Å². The highest BCUT2D eigenvalue weighted by Crippen LogP contribution is 2.22. The Morgan fingerprint density at radius 2 is 2.10 bits per heavy atom. The number of hydrogen-bond acceptors (Lipinski definition) is 2. The normalized spacial score (nSPS) is 15.8. The summed E-state index contributed by atoms with van der Waals surface area (Å²) in [7, 11) is 1.93. The van der Waals surface area contributed by atoms with E-state index >= 15 is 0 Å². The average molecular weight is 321 g/mol. The Labute approximate surface area is 129 Å². The fourth-order valence-corrected chi connectivity index (χ4v) is 2.64. The number of halogens is 3. The highest BCUT2D eigenvalue weighted by Gasteiger charge is 2.25. The van der Waals surface area contributed by atoms with E-state index in [9.17, 15) is 9.18 Å². The van der Waals surface area contributed by atoms with Crippen molar-refractivity contribution < 1.29 is 9.18 Å². The van der Waals surface area contributed by atoms with E-state index < -0.39 is 5.82 Å². The molecule has 6 heteroatoms. The molecule has 0 unspecified atom stereocenters. The summed E-state index contributed by atoms with van der Waals surface area (Å²) < 4.78 is 13.8. The van der Waals surface area contributed by atoms with Crippen molar-refractivity contribution in [1.82, 2.24) is 10.2 Å². The number of nitrogens with one attached hydrogen (secondary N) is 1. The molecule has 3 nitrogen and oxygen atoms in total. The summed E-state index contributed by atoms with van der Waals surface area (Å²) in [5.41, 5.74) is 0.0690. The molecule has 1 amide bonds. The van der Waals surface area contributed by atoms with Crippen LogP contribution in [-0.4, -0.2) is 37.5 Å². The Morgan fingerprint density at radius 3 is 2.70 bits per heavy atom. The van der Waals surface area contributed by atoms with Gasteiger partial charge in [-0.25, -0.2) is 4.39 Å². The van der Waals surface area contributed by atoms with E-state index in [0.717, 1.165) is 19.4 Å². The van der Waals surface area contributed by atoms with Crippen LogP contribution in [0.5, 0.6) is 0 Å². The fourth-order valence-electron chi connectivity index (χ4n) is 2.47. The molecule has 1 aromatic rings. The van der Waals surface area contributed by atoms with Crippen molar-refractivity contribution in [2.45, 2.75) is 12.8 Å². The Bertz CT molecular complexity index is 462. The fraction of sp³-hybridized carbons (Fsp3) is 0.500. The number of carbonyl (C=O) groups is 1. The second-order valence-electron chi connectivity index (χ2n) is 4.89. The monoisotopic (exact) mass is 320 g/mol. The zero-order valence-corrected chi connectivity index (χ0v) is 12.9. The minimum Gasteiger partial charge on any atom is -0.339 e. The molecule has 0 spiro atoms. The van der Waals surface area contributed by atoms with Crippen LogP contribution < -0.4 is 5.32 Å². The topological polar surface area (TPSA) is 32.3 Å². The first-order valence-electron chi connectivity index (χ1n) is 6.51. The number of carbonyl (C=O) groups excluding carboxylic acids is 1. The number of piperidine rings is 1. The Hall–Kier alpha value is -0.840. The SMILES string of the molecule is CNCC1CCN(C(=O)c2cccc(Cl)c2F)CC1.Cl. The van der Waals surface area contributed by atoms with E-state index in [1.54, 1.807) is 11.0 Å². The molecule has 1 aliphatic rings. The molecule has 1 saturated heterocycles. The molecule has 112 valence electrons. The molecule has 1 aliphatic heterocycles. The van der Waals surface area contributed by atoms with Crippen LogP contribution in [0.2, 0.25) is 5.02 Å². The van der Waals surface area contributed by atoms with Crippen molar-refractivity contribution in [1.29, 1.82) is 0 Å². The summed E-state index contributed by atoms with van der Waals surface area (Å²) in [6.07, 6.45) is 1.91. The summed E-state index contributed by atoms with van der Waals surface area (Å²) in [6, 6.07) is 4.54. The van der Waals surface area contributed by atoms with Crippen molar-refractivity contribution in [3.8, 4) is 0 Å². The third-order valence-corrected chi connectivity index (χ3v) is 3.87. The minimum atomic E-state index is -0.619. The van der Waals surface area contributed by atoms with Gasteiger partial charge in [-0.15, -0.1) is 12.4 Å². The zero-order chi connectivity index (χ0) is 13.8. The zero-order valence-electron chi connectivity index (χ0n) is 11.4. The molecule has 1 N–H and O–H groups in total. The van der Waals surface area contributed by atoms with Gasteiger partial charge in [0.2, 0.25) is 0 Å². The average Bonchev–Trinajstić information content (AvgIpc) is 2.42. The van der Waals surface area contributed by atoms with Crippen molar-refractivity contribution >= 4 is 29.9 Å². The summed E-state index contributed by atoms with van der Waals surface area (Å²) in [4.78, 5) is 14.0. The maximum atomic E-state index is 13.8. The van der Waals surface area contributed by atoms with Gasteiger partial charge in [-0.3, -0.25) is 4.79 Å². The molecule has 1 heterocycles. The lowest BCUT2D eigenvalue weighted by atomic mass is 9.96. The second-order valence-corrected chi connectivity index (χ2v) is 5.30. The van der Waals surface area contributed by atoms with Crippen molar-refractivity contribution in [2.75, 3.05) is 26.7 Å². The van der Waals surface area contributed by atoms with Crippen LogP contribution >= 0.6 is 24.0 Å². The van der Waals surface area contributed by atoms with Crippen LogP contribution in [0, 0.1) is 11.7 Å². The number of nitrogens with zero attached hydrogens (tertiary/aromatic N) is 1. The van der Waals surface area contributed by atoms with Gasteiger partial charge >= 0.3 is 0 Å². The van der Waals surface area contributed by atoms with Crippen LogP contribution in [0.25, 0.3) is 0 Å². The van der Waals surface area contributed by atoms with Crippen molar-refractivity contribution in [3.05, 3.63) is 34.6 Å². The Kier molecular flexibility index (Phi) is 6.72. The number of hydrogen-bond donors (Lipinski definition) is 1. The molecule has 0 radical (unpaired) electrons. The van der Waals surface area contributed by atoms with Gasteiger partial charge in [-0.05, 0) is 44.5 Å². The maximum Gasteiger partial charge on any atom is 0.256 e. The van der Waals surface area contributed by atoms with E-state index in [0.29, 0.717) is 19.0 Å². The van der Waals surface area contributed by atoms with Gasteiger partial charge in [0, 0.05) is 13.1 Å². The predicted octanol–water partition coefficient (Wildman–Crippen LogP) is 2.97. The molecule has 1 aromatic carbocycles. The second kappa shape index (κ2) is 7.81. The molecule has 1 fully saturated rings. The minimum absolute atomic E-state index is 0. The highest BCUT2D eigenvalue weighted by atomic mass is 35.5. The van der Waals surface area contributed by atoms with Crippen molar-refractivity contribution in [3.63, 3.8) is 0 Å². The smallest absolute Gasteiger partial charge is 0.256 e. The molecule has 20 heavy (non-hydrogen) atoms. The molecule has 0 aromatic heterocycles. The Morgan fingerprint density at radius 1 is 1.45 bits per heavy atom. The van der Waals surface area contributed by atoms with Crippen LogP contribution in [0.4, 0.5) is 4.39 Å². The van der Waals surface area contributed by atoms with E-state index in [1.807, 2.05) is 7.05 Å².